The van der Waals surface area contributed by atoms with Crippen LogP contribution in [0.2, 0.25) is 0 Å². The molecule has 2 unspecified atom stereocenters. The largest absolute Gasteiger partial charge is 0.476 e. The van der Waals surface area contributed by atoms with Gasteiger partial charge in [-0.05, 0) is 50.9 Å². The summed E-state index contributed by atoms with van der Waals surface area (Å²) in [7, 11) is 2.17. The number of nitrogens with zero attached hydrogens (tertiary/aromatic N) is 2. The Kier molecular flexibility index (Phi) is 4.40. The van der Waals surface area contributed by atoms with Gasteiger partial charge in [0.05, 0.1) is 6.54 Å². The highest BCUT2D eigenvalue weighted by atomic mass is 16.5. The maximum atomic E-state index is 12.6. The van der Waals surface area contributed by atoms with Crippen LogP contribution in [0.15, 0.2) is 23.2 Å². The SMILES string of the molecule is CN1C2CCC1CC(NC(=O)C(=N)c1ccc(C3=NCCO3)cc1N)C2. The number of carbonyl (C=O) groups excluding carboxylic acids is 1. The molecule has 0 spiro atoms. The number of rotatable bonds is 4. The first-order valence-electron chi connectivity index (χ1n) is 9.22. The van der Waals surface area contributed by atoms with Crippen LogP contribution >= 0.6 is 0 Å². The van der Waals surface area contributed by atoms with Crippen LogP contribution in [0.5, 0.6) is 0 Å². The number of amides is 1. The van der Waals surface area contributed by atoms with Crippen LogP contribution in [-0.2, 0) is 9.53 Å². The number of nitrogen functional groups attached to an aromatic ring is 1. The lowest BCUT2D eigenvalue weighted by molar-refractivity contribution is -0.115. The van der Waals surface area contributed by atoms with Crippen LogP contribution in [0.4, 0.5) is 5.69 Å². The van der Waals surface area contributed by atoms with Crippen molar-refractivity contribution in [3.05, 3.63) is 29.3 Å². The molecule has 3 aliphatic rings. The summed E-state index contributed by atoms with van der Waals surface area (Å²) in [5.74, 6) is 0.217. The quantitative estimate of drug-likeness (QED) is 0.557. The van der Waals surface area contributed by atoms with Crippen LogP contribution in [0.3, 0.4) is 0 Å². The zero-order valence-electron chi connectivity index (χ0n) is 15.0. The summed E-state index contributed by atoms with van der Waals surface area (Å²) in [6, 6.07) is 6.45. The van der Waals surface area contributed by atoms with Crippen LogP contribution in [0.1, 0.15) is 36.8 Å². The van der Waals surface area contributed by atoms with Crippen molar-refractivity contribution in [3.63, 3.8) is 0 Å². The maximum absolute atomic E-state index is 12.6. The van der Waals surface area contributed by atoms with Crippen molar-refractivity contribution < 1.29 is 9.53 Å². The fourth-order valence-corrected chi connectivity index (χ4v) is 4.34. The van der Waals surface area contributed by atoms with Gasteiger partial charge < -0.3 is 20.7 Å². The maximum Gasteiger partial charge on any atom is 0.270 e. The Morgan fingerprint density at radius 3 is 2.69 bits per heavy atom. The second-order valence-corrected chi connectivity index (χ2v) is 7.40. The number of aliphatic imine (C=N–C) groups is 1. The Labute approximate surface area is 153 Å². The number of ether oxygens (including phenoxy) is 1. The number of benzene rings is 1. The molecule has 26 heavy (non-hydrogen) atoms. The molecule has 0 aliphatic carbocycles. The lowest BCUT2D eigenvalue weighted by Crippen LogP contribution is -2.50. The number of nitrogens with one attached hydrogen (secondary N) is 2. The van der Waals surface area contributed by atoms with Gasteiger partial charge in [-0.1, -0.05) is 0 Å². The molecule has 2 bridgehead atoms. The van der Waals surface area contributed by atoms with E-state index in [4.69, 9.17) is 15.9 Å². The predicted molar refractivity (Wildman–Crippen MR) is 101 cm³/mol. The molecule has 3 aliphatic heterocycles. The minimum atomic E-state index is -0.354. The van der Waals surface area contributed by atoms with Crippen LogP contribution < -0.4 is 11.1 Å². The molecule has 2 saturated heterocycles. The number of hydrogen-bond donors (Lipinski definition) is 3. The molecule has 138 valence electrons. The molecule has 4 rings (SSSR count). The van der Waals surface area contributed by atoms with E-state index < -0.39 is 0 Å². The second-order valence-electron chi connectivity index (χ2n) is 7.40. The molecule has 7 heteroatoms. The molecule has 2 atom stereocenters. The molecule has 7 nitrogen and oxygen atoms in total. The first-order valence-corrected chi connectivity index (χ1v) is 9.22. The molecule has 0 radical (unpaired) electrons. The van der Waals surface area contributed by atoms with Crippen molar-refractivity contribution in [1.82, 2.24) is 10.2 Å². The number of piperidine rings is 1. The Hall–Kier alpha value is -2.41. The standard InChI is InChI=1S/C19H25N5O2/c1-24-13-3-4-14(24)10-12(9-13)23-18(25)17(21)15-5-2-11(8-16(15)20)19-22-6-7-26-19/h2,5,8,12-14,21H,3-4,6-7,9-10,20H2,1H3,(H,23,25). The Morgan fingerprint density at radius 2 is 2.08 bits per heavy atom. The summed E-state index contributed by atoms with van der Waals surface area (Å²) < 4.78 is 5.43. The number of carbonyl (C=O) groups is 1. The van der Waals surface area contributed by atoms with Crippen molar-refractivity contribution in [2.45, 2.75) is 43.8 Å². The van der Waals surface area contributed by atoms with Gasteiger partial charge >= 0.3 is 0 Å². The van der Waals surface area contributed by atoms with Gasteiger partial charge in [0.15, 0.2) is 0 Å². The minimum absolute atomic E-state index is 0.0883. The van der Waals surface area contributed by atoms with Gasteiger partial charge in [0.25, 0.3) is 5.91 Å². The third-order valence-electron chi connectivity index (χ3n) is 5.81. The van der Waals surface area contributed by atoms with Crippen molar-refractivity contribution in [2.75, 3.05) is 25.9 Å². The Morgan fingerprint density at radius 1 is 1.35 bits per heavy atom. The zero-order valence-corrected chi connectivity index (χ0v) is 15.0. The summed E-state index contributed by atoms with van der Waals surface area (Å²) in [5, 5.41) is 11.3. The summed E-state index contributed by atoms with van der Waals surface area (Å²) >= 11 is 0. The summed E-state index contributed by atoms with van der Waals surface area (Å²) in [5.41, 5.74) is 7.63. The third-order valence-corrected chi connectivity index (χ3v) is 5.81. The normalized spacial score (nSPS) is 27.7. The predicted octanol–water partition coefficient (Wildman–Crippen LogP) is 1.15. The van der Waals surface area contributed by atoms with Gasteiger partial charge in [0.2, 0.25) is 5.90 Å². The minimum Gasteiger partial charge on any atom is -0.476 e. The van der Waals surface area contributed by atoms with E-state index in [1.165, 1.54) is 12.8 Å². The van der Waals surface area contributed by atoms with E-state index in [-0.39, 0.29) is 17.7 Å². The number of fused-ring (bicyclic) bond motifs is 2. The van der Waals surface area contributed by atoms with Gasteiger partial charge in [-0.25, -0.2) is 4.99 Å². The molecule has 0 saturated carbocycles. The Balaban J connectivity index is 1.43. The highest BCUT2D eigenvalue weighted by Crippen LogP contribution is 2.34. The van der Waals surface area contributed by atoms with E-state index >= 15 is 0 Å². The van der Waals surface area contributed by atoms with Crippen LogP contribution in [-0.4, -0.2) is 60.7 Å². The molecular formula is C19H25N5O2. The summed E-state index contributed by atoms with van der Waals surface area (Å²) in [6.45, 7) is 1.22. The molecular weight excluding hydrogens is 330 g/mol. The van der Waals surface area contributed by atoms with E-state index in [2.05, 4.69) is 22.3 Å². The van der Waals surface area contributed by atoms with Gasteiger partial charge in [0.1, 0.15) is 12.3 Å². The van der Waals surface area contributed by atoms with Crippen molar-refractivity contribution >= 4 is 23.2 Å². The topological polar surface area (TPSA) is 104 Å². The van der Waals surface area contributed by atoms with E-state index in [0.717, 1.165) is 18.4 Å². The van der Waals surface area contributed by atoms with Gasteiger partial charge in [-0.3, -0.25) is 10.2 Å². The zero-order chi connectivity index (χ0) is 18.3. The first kappa shape index (κ1) is 17.0. The first-order chi connectivity index (χ1) is 12.5. The summed E-state index contributed by atoms with van der Waals surface area (Å²) in [4.78, 5) is 19.3. The number of hydrogen-bond acceptors (Lipinski definition) is 6. The Bertz CT molecular complexity index is 761. The van der Waals surface area contributed by atoms with Gasteiger partial charge in [-0.2, -0.15) is 0 Å². The third kappa shape index (κ3) is 3.07. The van der Waals surface area contributed by atoms with Gasteiger partial charge in [0, 0.05) is 34.9 Å². The average molecular weight is 355 g/mol. The van der Waals surface area contributed by atoms with Gasteiger partial charge in [-0.15, -0.1) is 0 Å². The highest BCUT2D eigenvalue weighted by Gasteiger charge is 2.39. The van der Waals surface area contributed by atoms with Crippen molar-refractivity contribution in [3.8, 4) is 0 Å². The van der Waals surface area contributed by atoms with E-state index in [0.29, 0.717) is 42.4 Å². The molecule has 1 aromatic carbocycles. The van der Waals surface area contributed by atoms with Crippen molar-refractivity contribution in [1.29, 1.82) is 5.41 Å². The van der Waals surface area contributed by atoms with E-state index in [1.807, 2.05) is 0 Å². The number of nitrogens with two attached hydrogens (primary N) is 1. The molecule has 4 N–H and O–H groups in total. The lowest BCUT2D eigenvalue weighted by atomic mass is 9.97. The van der Waals surface area contributed by atoms with Crippen molar-refractivity contribution in [2.24, 2.45) is 4.99 Å². The van der Waals surface area contributed by atoms with Crippen LogP contribution in [0.25, 0.3) is 0 Å². The average Bonchev–Trinajstić information content (AvgIpc) is 3.21. The monoisotopic (exact) mass is 355 g/mol. The second kappa shape index (κ2) is 6.72. The molecule has 1 amide bonds. The fourth-order valence-electron chi connectivity index (χ4n) is 4.34. The number of anilines is 1. The summed E-state index contributed by atoms with van der Waals surface area (Å²) in [6.07, 6.45) is 4.31. The molecule has 2 fully saturated rings. The van der Waals surface area contributed by atoms with E-state index in [9.17, 15) is 4.79 Å². The fraction of sp³-hybridized carbons (Fsp3) is 0.526. The molecule has 3 heterocycles. The smallest absolute Gasteiger partial charge is 0.270 e. The molecule has 0 aromatic heterocycles. The molecule has 1 aromatic rings. The lowest BCUT2D eigenvalue weighted by Gasteiger charge is -2.36. The van der Waals surface area contributed by atoms with Crippen LogP contribution in [0, 0.1) is 5.41 Å². The highest BCUT2D eigenvalue weighted by molar-refractivity contribution is 6.45. The van der Waals surface area contributed by atoms with E-state index in [1.54, 1.807) is 18.2 Å².